The van der Waals surface area contributed by atoms with Crippen LogP contribution in [0.15, 0.2) is 83.8 Å². The fourth-order valence-electron chi connectivity index (χ4n) is 3.17. The molecule has 0 radical (unpaired) electrons. The Morgan fingerprint density at radius 2 is 1.66 bits per heavy atom. The van der Waals surface area contributed by atoms with E-state index in [0.717, 1.165) is 28.5 Å². The maximum absolute atomic E-state index is 12.7. The van der Waals surface area contributed by atoms with Gasteiger partial charge in [-0.25, -0.2) is 0 Å². The highest BCUT2D eigenvalue weighted by Crippen LogP contribution is 2.32. The summed E-state index contributed by atoms with van der Waals surface area (Å²) in [5.74, 6) is 1.11. The van der Waals surface area contributed by atoms with Crippen molar-refractivity contribution in [1.29, 1.82) is 0 Å². The third-order valence-electron chi connectivity index (χ3n) is 4.88. The molecule has 1 heterocycles. The van der Waals surface area contributed by atoms with Crippen LogP contribution in [-0.2, 0) is 11.4 Å². The molecule has 0 bridgehead atoms. The molecule has 2 amide bonds. The zero-order valence-electron chi connectivity index (χ0n) is 17.7. The Morgan fingerprint density at radius 3 is 2.44 bits per heavy atom. The van der Waals surface area contributed by atoms with E-state index in [0.29, 0.717) is 23.0 Å². The minimum absolute atomic E-state index is 0.204. The molecule has 5 nitrogen and oxygen atoms in total. The van der Waals surface area contributed by atoms with Crippen molar-refractivity contribution in [2.75, 3.05) is 13.2 Å². The maximum Gasteiger partial charge on any atom is 0.293 e. The molecule has 6 heteroatoms. The zero-order valence-corrected chi connectivity index (χ0v) is 18.5. The van der Waals surface area contributed by atoms with E-state index < -0.39 is 0 Å². The van der Waals surface area contributed by atoms with Gasteiger partial charge >= 0.3 is 0 Å². The van der Waals surface area contributed by atoms with E-state index >= 15 is 0 Å². The molecule has 0 atom stereocenters. The third kappa shape index (κ3) is 5.59. The lowest BCUT2D eigenvalue weighted by molar-refractivity contribution is -0.123. The Bertz CT molecular complexity index is 1130. The summed E-state index contributed by atoms with van der Waals surface area (Å²) in [6.45, 7) is 2.91. The highest BCUT2D eigenvalue weighted by atomic mass is 32.2. The SMILES string of the molecule is Cc1ccc(OCCN2C(=O)S/C(=C\c3cccc(OCc4ccccc4)c3)C2=O)cc1. The van der Waals surface area contributed by atoms with Gasteiger partial charge in [-0.05, 0) is 60.2 Å². The molecule has 3 aromatic carbocycles. The average Bonchev–Trinajstić information content (AvgIpc) is 3.07. The van der Waals surface area contributed by atoms with Crippen LogP contribution in [0.4, 0.5) is 4.79 Å². The normalized spacial score (nSPS) is 14.8. The van der Waals surface area contributed by atoms with Crippen LogP contribution in [0.25, 0.3) is 6.08 Å². The fourth-order valence-corrected chi connectivity index (χ4v) is 4.03. The van der Waals surface area contributed by atoms with Crippen molar-refractivity contribution in [3.8, 4) is 11.5 Å². The summed E-state index contributed by atoms with van der Waals surface area (Å²) in [7, 11) is 0. The summed E-state index contributed by atoms with van der Waals surface area (Å²) in [5.41, 5.74) is 3.02. The Kier molecular flexibility index (Phi) is 6.92. The summed E-state index contributed by atoms with van der Waals surface area (Å²) >= 11 is 0.943. The highest BCUT2D eigenvalue weighted by molar-refractivity contribution is 8.18. The number of thioether (sulfide) groups is 1. The lowest BCUT2D eigenvalue weighted by atomic mass is 10.2. The fraction of sp³-hybridized carbons (Fsp3) is 0.154. The average molecular weight is 446 g/mol. The van der Waals surface area contributed by atoms with Crippen molar-refractivity contribution >= 4 is 29.0 Å². The molecule has 3 aromatic rings. The van der Waals surface area contributed by atoms with Gasteiger partial charge in [0.2, 0.25) is 0 Å². The quantitative estimate of drug-likeness (QED) is 0.417. The molecule has 0 spiro atoms. The molecule has 4 rings (SSSR count). The number of amides is 2. The highest BCUT2D eigenvalue weighted by Gasteiger charge is 2.34. The number of carbonyl (C=O) groups excluding carboxylic acids is 2. The van der Waals surface area contributed by atoms with Gasteiger partial charge in [0.15, 0.2) is 0 Å². The lowest BCUT2D eigenvalue weighted by Gasteiger charge is -2.13. The smallest absolute Gasteiger partial charge is 0.293 e. The molecule has 0 aromatic heterocycles. The van der Waals surface area contributed by atoms with E-state index in [4.69, 9.17) is 9.47 Å². The number of nitrogens with zero attached hydrogens (tertiary/aromatic N) is 1. The Hall–Kier alpha value is -3.51. The number of hydrogen-bond acceptors (Lipinski definition) is 5. The number of benzene rings is 3. The zero-order chi connectivity index (χ0) is 22.3. The number of hydrogen-bond donors (Lipinski definition) is 0. The third-order valence-corrected chi connectivity index (χ3v) is 5.79. The molecule has 1 aliphatic rings. The van der Waals surface area contributed by atoms with E-state index in [9.17, 15) is 9.59 Å². The van der Waals surface area contributed by atoms with Gasteiger partial charge in [-0.3, -0.25) is 14.5 Å². The van der Waals surface area contributed by atoms with Gasteiger partial charge in [-0.15, -0.1) is 0 Å². The minimum Gasteiger partial charge on any atom is -0.492 e. The predicted octanol–water partition coefficient (Wildman–Crippen LogP) is 5.69. The number of ether oxygens (including phenoxy) is 2. The first-order chi connectivity index (χ1) is 15.6. The summed E-state index contributed by atoms with van der Waals surface area (Å²) in [6, 6.07) is 25.0. The van der Waals surface area contributed by atoms with Crippen molar-refractivity contribution in [2.24, 2.45) is 0 Å². The number of carbonyl (C=O) groups is 2. The molecule has 162 valence electrons. The summed E-state index contributed by atoms with van der Waals surface area (Å²) in [4.78, 5) is 26.7. The van der Waals surface area contributed by atoms with Crippen LogP contribution < -0.4 is 9.47 Å². The van der Waals surface area contributed by atoms with Crippen LogP contribution in [0.3, 0.4) is 0 Å². The monoisotopic (exact) mass is 445 g/mol. The molecule has 1 fully saturated rings. The molecule has 0 aliphatic carbocycles. The Labute approximate surface area is 191 Å². The van der Waals surface area contributed by atoms with Gasteiger partial charge in [-0.1, -0.05) is 60.2 Å². The molecule has 0 N–H and O–H groups in total. The molecule has 1 aliphatic heterocycles. The van der Waals surface area contributed by atoms with Crippen molar-refractivity contribution in [2.45, 2.75) is 13.5 Å². The van der Waals surface area contributed by atoms with Gasteiger partial charge in [0, 0.05) is 0 Å². The summed E-state index contributed by atoms with van der Waals surface area (Å²) in [5, 5.41) is -0.287. The molecule has 0 unspecified atom stereocenters. The van der Waals surface area contributed by atoms with E-state index in [-0.39, 0.29) is 24.3 Å². The van der Waals surface area contributed by atoms with E-state index in [1.165, 1.54) is 4.90 Å². The number of aryl methyl sites for hydroxylation is 1. The van der Waals surface area contributed by atoms with Crippen LogP contribution in [0, 0.1) is 6.92 Å². The topological polar surface area (TPSA) is 55.8 Å². The van der Waals surface area contributed by atoms with Crippen molar-refractivity contribution in [1.82, 2.24) is 4.90 Å². The second kappa shape index (κ2) is 10.2. The first-order valence-electron chi connectivity index (χ1n) is 10.3. The van der Waals surface area contributed by atoms with E-state index in [1.807, 2.05) is 85.8 Å². The molecule has 0 saturated carbocycles. The van der Waals surface area contributed by atoms with Crippen LogP contribution in [0.5, 0.6) is 11.5 Å². The number of rotatable bonds is 8. The van der Waals surface area contributed by atoms with Crippen molar-refractivity contribution in [3.63, 3.8) is 0 Å². The predicted molar refractivity (Wildman–Crippen MR) is 127 cm³/mol. The number of imide groups is 1. The Morgan fingerprint density at radius 1 is 0.875 bits per heavy atom. The van der Waals surface area contributed by atoms with Crippen molar-refractivity contribution in [3.05, 3.63) is 100 Å². The Balaban J connectivity index is 1.36. The molecular weight excluding hydrogens is 422 g/mol. The van der Waals surface area contributed by atoms with Gasteiger partial charge in [0.05, 0.1) is 11.4 Å². The largest absolute Gasteiger partial charge is 0.492 e. The maximum atomic E-state index is 12.7. The minimum atomic E-state index is -0.303. The first-order valence-corrected chi connectivity index (χ1v) is 11.1. The molecule has 1 saturated heterocycles. The second-order valence-corrected chi connectivity index (χ2v) is 8.33. The summed E-state index contributed by atoms with van der Waals surface area (Å²) in [6.07, 6.45) is 1.72. The van der Waals surface area contributed by atoms with Crippen LogP contribution >= 0.6 is 11.8 Å². The summed E-state index contributed by atoms with van der Waals surface area (Å²) < 4.78 is 11.5. The van der Waals surface area contributed by atoms with Gasteiger partial charge < -0.3 is 9.47 Å². The van der Waals surface area contributed by atoms with Crippen LogP contribution in [0.1, 0.15) is 16.7 Å². The standard InChI is InChI=1S/C26H23NO4S/c1-19-10-12-22(13-11-19)30-15-14-27-25(28)24(32-26(27)29)17-21-8-5-9-23(16-21)31-18-20-6-3-2-4-7-20/h2-13,16-17H,14-15,18H2,1H3/b24-17-. The van der Waals surface area contributed by atoms with E-state index in [2.05, 4.69) is 0 Å². The molecule has 32 heavy (non-hydrogen) atoms. The van der Waals surface area contributed by atoms with Crippen LogP contribution in [-0.4, -0.2) is 29.2 Å². The van der Waals surface area contributed by atoms with Crippen LogP contribution in [0.2, 0.25) is 0 Å². The first kappa shape index (κ1) is 21.7. The second-order valence-electron chi connectivity index (χ2n) is 7.34. The van der Waals surface area contributed by atoms with E-state index in [1.54, 1.807) is 6.08 Å². The van der Waals surface area contributed by atoms with Gasteiger partial charge in [0.25, 0.3) is 11.1 Å². The molecular formula is C26H23NO4S. The van der Waals surface area contributed by atoms with Gasteiger partial charge in [0.1, 0.15) is 24.7 Å². The van der Waals surface area contributed by atoms with Crippen molar-refractivity contribution < 1.29 is 19.1 Å². The van der Waals surface area contributed by atoms with Gasteiger partial charge in [-0.2, -0.15) is 0 Å². The lowest BCUT2D eigenvalue weighted by Crippen LogP contribution is -2.32.